The third kappa shape index (κ3) is 4.04. The van der Waals surface area contributed by atoms with E-state index in [9.17, 15) is 10.1 Å². The molecule has 0 spiro atoms. The summed E-state index contributed by atoms with van der Waals surface area (Å²) < 4.78 is 0. The predicted molar refractivity (Wildman–Crippen MR) is 67.2 cm³/mol. The van der Waals surface area contributed by atoms with Crippen molar-refractivity contribution in [2.75, 3.05) is 18.4 Å². The lowest BCUT2D eigenvalue weighted by Crippen LogP contribution is -2.09. The lowest BCUT2D eigenvalue weighted by atomic mass is 10.2. The van der Waals surface area contributed by atoms with Crippen molar-refractivity contribution in [1.29, 1.82) is 0 Å². The van der Waals surface area contributed by atoms with Gasteiger partial charge in [-0.05, 0) is 31.5 Å². The summed E-state index contributed by atoms with van der Waals surface area (Å²) in [6, 6.07) is 5.13. The molecule has 1 aromatic rings. The van der Waals surface area contributed by atoms with Gasteiger partial charge in [0.25, 0.3) is 5.69 Å². The normalized spacial score (nSPS) is 9.38. The van der Waals surface area contributed by atoms with Crippen molar-refractivity contribution >= 4 is 23.8 Å². The Labute approximate surface area is 101 Å². The maximum absolute atomic E-state index is 10.7. The van der Waals surface area contributed by atoms with Crippen molar-refractivity contribution in [2.45, 2.75) is 13.3 Å². The van der Waals surface area contributed by atoms with Gasteiger partial charge in [-0.3, -0.25) is 10.1 Å². The number of aryl methyl sites for hydroxylation is 1. The van der Waals surface area contributed by atoms with Gasteiger partial charge in [0.1, 0.15) is 5.69 Å². The van der Waals surface area contributed by atoms with Crippen LogP contribution in [0.5, 0.6) is 0 Å². The number of nitro groups is 1. The third-order valence-electron chi connectivity index (χ3n) is 2.05. The minimum absolute atomic E-state index is 0. The molecule has 0 aliphatic rings. The zero-order chi connectivity index (χ0) is 11.3. The molecule has 6 heteroatoms. The van der Waals surface area contributed by atoms with Crippen LogP contribution >= 0.6 is 12.4 Å². The molecule has 0 saturated carbocycles. The molecule has 0 fully saturated rings. The van der Waals surface area contributed by atoms with Crippen LogP contribution in [0, 0.1) is 17.0 Å². The molecule has 3 N–H and O–H groups in total. The fraction of sp³-hybridized carbons (Fsp3) is 0.400. The molecule has 0 bridgehead atoms. The first kappa shape index (κ1) is 14.7. The number of rotatable bonds is 5. The van der Waals surface area contributed by atoms with Crippen LogP contribution in [0.25, 0.3) is 0 Å². The molecule has 0 saturated heterocycles. The van der Waals surface area contributed by atoms with E-state index < -0.39 is 0 Å². The third-order valence-corrected chi connectivity index (χ3v) is 2.05. The Balaban J connectivity index is 0.00000225. The van der Waals surface area contributed by atoms with Crippen LogP contribution in [0.15, 0.2) is 18.2 Å². The molecule has 5 nitrogen and oxygen atoms in total. The first-order valence-corrected chi connectivity index (χ1v) is 4.84. The Hall–Kier alpha value is -1.33. The fourth-order valence-corrected chi connectivity index (χ4v) is 1.27. The quantitative estimate of drug-likeness (QED) is 0.473. The van der Waals surface area contributed by atoms with Gasteiger partial charge in [-0.25, -0.2) is 0 Å². The van der Waals surface area contributed by atoms with E-state index >= 15 is 0 Å². The Bertz CT molecular complexity index is 358. The molecule has 0 radical (unpaired) electrons. The number of hydrogen-bond donors (Lipinski definition) is 2. The smallest absolute Gasteiger partial charge is 0.292 e. The summed E-state index contributed by atoms with van der Waals surface area (Å²) in [5.41, 5.74) is 6.89. The molecule has 1 rings (SSSR count). The van der Waals surface area contributed by atoms with Crippen LogP contribution in [0.2, 0.25) is 0 Å². The molecule has 0 unspecified atom stereocenters. The number of nitro benzene ring substituents is 1. The van der Waals surface area contributed by atoms with E-state index in [0.29, 0.717) is 18.8 Å². The highest BCUT2D eigenvalue weighted by Crippen LogP contribution is 2.24. The highest BCUT2D eigenvalue weighted by atomic mass is 35.5. The van der Waals surface area contributed by atoms with Gasteiger partial charge in [-0.2, -0.15) is 0 Å². The number of hydrogen-bond acceptors (Lipinski definition) is 4. The highest BCUT2D eigenvalue weighted by Gasteiger charge is 2.12. The average Bonchev–Trinajstić information content (AvgIpc) is 2.20. The number of halogens is 1. The molecule has 1 aromatic carbocycles. The van der Waals surface area contributed by atoms with Crippen LogP contribution in [-0.4, -0.2) is 18.0 Å². The second kappa shape index (κ2) is 7.03. The van der Waals surface area contributed by atoms with Gasteiger partial charge in [0.15, 0.2) is 0 Å². The molecule has 90 valence electrons. The first-order valence-electron chi connectivity index (χ1n) is 4.84. The largest absolute Gasteiger partial charge is 0.379 e. The molecule has 0 aliphatic carbocycles. The fourth-order valence-electron chi connectivity index (χ4n) is 1.27. The molecule has 0 aromatic heterocycles. The van der Waals surface area contributed by atoms with Crippen molar-refractivity contribution < 1.29 is 4.92 Å². The summed E-state index contributed by atoms with van der Waals surface area (Å²) in [6.07, 6.45) is 0.797. The Morgan fingerprint density at radius 3 is 2.75 bits per heavy atom. The second-order valence-electron chi connectivity index (χ2n) is 3.35. The summed E-state index contributed by atoms with van der Waals surface area (Å²) in [4.78, 5) is 10.4. The van der Waals surface area contributed by atoms with Gasteiger partial charge >= 0.3 is 0 Å². The molecule has 0 heterocycles. The second-order valence-corrected chi connectivity index (χ2v) is 3.35. The van der Waals surface area contributed by atoms with Gasteiger partial charge in [0, 0.05) is 12.6 Å². The molecular formula is C10H16ClN3O2. The van der Waals surface area contributed by atoms with E-state index in [1.807, 2.05) is 13.0 Å². The molecular weight excluding hydrogens is 230 g/mol. The molecule has 16 heavy (non-hydrogen) atoms. The van der Waals surface area contributed by atoms with E-state index in [-0.39, 0.29) is 23.0 Å². The summed E-state index contributed by atoms with van der Waals surface area (Å²) in [6.45, 7) is 3.06. The Morgan fingerprint density at radius 2 is 2.19 bits per heavy atom. The summed E-state index contributed by atoms with van der Waals surface area (Å²) >= 11 is 0. The van der Waals surface area contributed by atoms with E-state index in [0.717, 1.165) is 12.0 Å². The summed E-state index contributed by atoms with van der Waals surface area (Å²) in [5, 5.41) is 13.7. The summed E-state index contributed by atoms with van der Waals surface area (Å²) in [7, 11) is 0. The zero-order valence-corrected chi connectivity index (χ0v) is 9.92. The first-order chi connectivity index (χ1) is 7.15. The summed E-state index contributed by atoms with van der Waals surface area (Å²) in [5.74, 6) is 0. The lowest BCUT2D eigenvalue weighted by molar-refractivity contribution is -0.384. The average molecular weight is 246 g/mol. The maximum atomic E-state index is 10.7. The van der Waals surface area contributed by atoms with Gasteiger partial charge in [-0.15, -0.1) is 12.4 Å². The maximum Gasteiger partial charge on any atom is 0.292 e. The lowest BCUT2D eigenvalue weighted by Gasteiger charge is -2.06. The number of benzene rings is 1. The van der Waals surface area contributed by atoms with Crippen molar-refractivity contribution in [1.82, 2.24) is 0 Å². The van der Waals surface area contributed by atoms with Crippen LogP contribution in [0.4, 0.5) is 11.4 Å². The molecule has 0 aliphatic heterocycles. The minimum atomic E-state index is -0.377. The number of nitrogens with one attached hydrogen (secondary N) is 1. The number of anilines is 1. The predicted octanol–water partition coefficient (Wildman–Crippen LogP) is 2.09. The van der Waals surface area contributed by atoms with Crippen molar-refractivity contribution in [3.8, 4) is 0 Å². The van der Waals surface area contributed by atoms with Gasteiger partial charge in [0.05, 0.1) is 4.92 Å². The highest BCUT2D eigenvalue weighted by molar-refractivity contribution is 5.85. The van der Waals surface area contributed by atoms with Gasteiger partial charge in [0.2, 0.25) is 0 Å². The number of nitrogens with two attached hydrogens (primary N) is 1. The number of nitrogens with zero attached hydrogens (tertiary/aromatic N) is 1. The van der Waals surface area contributed by atoms with Gasteiger partial charge in [-0.1, -0.05) is 6.07 Å². The van der Waals surface area contributed by atoms with Crippen molar-refractivity contribution in [3.63, 3.8) is 0 Å². The van der Waals surface area contributed by atoms with E-state index in [1.54, 1.807) is 12.1 Å². The van der Waals surface area contributed by atoms with Crippen LogP contribution in [-0.2, 0) is 0 Å². The van der Waals surface area contributed by atoms with E-state index in [1.165, 1.54) is 0 Å². The van der Waals surface area contributed by atoms with E-state index in [2.05, 4.69) is 5.32 Å². The van der Waals surface area contributed by atoms with Crippen LogP contribution in [0.3, 0.4) is 0 Å². The minimum Gasteiger partial charge on any atom is -0.379 e. The standard InChI is InChI=1S/C10H15N3O2.ClH/c1-8-3-4-9(12-6-2-5-11)10(7-8)13(14)15;/h3-4,7,12H,2,5-6,11H2,1H3;1H. The Kier molecular flexibility index (Phi) is 6.44. The van der Waals surface area contributed by atoms with Gasteiger partial charge < -0.3 is 11.1 Å². The van der Waals surface area contributed by atoms with Crippen molar-refractivity contribution in [2.24, 2.45) is 5.73 Å². The monoisotopic (exact) mass is 245 g/mol. The van der Waals surface area contributed by atoms with Crippen molar-refractivity contribution in [3.05, 3.63) is 33.9 Å². The zero-order valence-electron chi connectivity index (χ0n) is 9.10. The molecule has 0 atom stereocenters. The topological polar surface area (TPSA) is 81.2 Å². The molecule has 0 amide bonds. The Morgan fingerprint density at radius 1 is 1.50 bits per heavy atom. The van der Waals surface area contributed by atoms with Crippen LogP contribution < -0.4 is 11.1 Å². The van der Waals surface area contributed by atoms with Crippen LogP contribution in [0.1, 0.15) is 12.0 Å². The van der Waals surface area contributed by atoms with E-state index in [4.69, 9.17) is 5.73 Å². The SMILES string of the molecule is Cc1ccc(NCCCN)c([N+](=O)[O-])c1.Cl.